The molecule has 0 radical (unpaired) electrons. The topological polar surface area (TPSA) is 66.0 Å². The zero-order valence-electron chi connectivity index (χ0n) is 14.3. The van der Waals surface area contributed by atoms with Crippen molar-refractivity contribution in [1.82, 2.24) is 10.3 Å². The van der Waals surface area contributed by atoms with Crippen LogP contribution in [0.4, 0.5) is 11.4 Å². The number of rotatable bonds is 5. The Balaban J connectivity index is 1.67. The molecule has 1 amide bonds. The lowest BCUT2D eigenvalue weighted by Gasteiger charge is -2.14. The molecule has 0 aliphatic carbocycles. The number of carbonyl (C=O) groups is 1. The first-order chi connectivity index (χ1) is 13.1. The third-order valence-electron chi connectivity index (χ3n) is 3.70. The average molecular weight is 397 g/mol. The van der Waals surface area contributed by atoms with Crippen LogP contribution in [-0.2, 0) is 6.54 Å². The molecule has 3 N–H and O–H groups in total. The van der Waals surface area contributed by atoms with Crippen LogP contribution >= 0.6 is 23.8 Å². The summed E-state index contributed by atoms with van der Waals surface area (Å²) in [6, 6.07) is 20.0. The van der Waals surface area contributed by atoms with E-state index in [1.807, 2.05) is 42.5 Å². The molecule has 0 aliphatic rings. The minimum atomic E-state index is -0.218. The van der Waals surface area contributed by atoms with Gasteiger partial charge in [-0.1, -0.05) is 41.9 Å². The van der Waals surface area contributed by atoms with Crippen molar-refractivity contribution in [3.05, 3.63) is 89.2 Å². The van der Waals surface area contributed by atoms with Crippen LogP contribution in [0, 0.1) is 0 Å². The standard InChI is InChI=1S/C20H17ClN4OS/c21-16-9-2-4-11-18(16)25-20(27)24-17-10-3-1-8-15(17)19(26)23-13-14-7-5-6-12-22-14/h1-12H,13H2,(H,23,26)(H2,24,25,27). The summed E-state index contributed by atoms with van der Waals surface area (Å²) in [7, 11) is 0. The maximum atomic E-state index is 12.6. The number of anilines is 2. The van der Waals surface area contributed by atoms with E-state index in [0.717, 1.165) is 5.69 Å². The second-order valence-electron chi connectivity index (χ2n) is 5.61. The average Bonchev–Trinajstić information content (AvgIpc) is 2.69. The van der Waals surface area contributed by atoms with Crippen molar-refractivity contribution in [3.63, 3.8) is 0 Å². The molecule has 0 spiro atoms. The summed E-state index contributed by atoms with van der Waals surface area (Å²) in [6.45, 7) is 0.344. The van der Waals surface area contributed by atoms with Crippen LogP contribution < -0.4 is 16.0 Å². The Morgan fingerprint density at radius 1 is 0.926 bits per heavy atom. The molecule has 0 aliphatic heterocycles. The Hall–Kier alpha value is -2.96. The molecular formula is C20H17ClN4OS. The SMILES string of the molecule is O=C(NCc1ccccn1)c1ccccc1NC(=S)Nc1ccccc1Cl. The van der Waals surface area contributed by atoms with Gasteiger partial charge in [0.05, 0.1) is 34.2 Å². The summed E-state index contributed by atoms with van der Waals surface area (Å²) in [5.74, 6) is -0.218. The summed E-state index contributed by atoms with van der Waals surface area (Å²) in [5, 5.41) is 9.84. The van der Waals surface area contributed by atoms with Gasteiger partial charge in [-0.2, -0.15) is 0 Å². The van der Waals surface area contributed by atoms with Crippen LogP contribution in [0.25, 0.3) is 0 Å². The van der Waals surface area contributed by atoms with Crippen LogP contribution in [0.1, 0.15) is 16.1 Å². The van der Waals surface area contributed by atoms with Crippen molar-refractivity contribution >= 4 is 46.2 Å². The van der Waals surface area contributed by atoms with Gasteiger partial charge in [0, 0.05) is 6.20 Å². The molecule has 0 saturated carbocycles. The number of nitrogens with zero attached hydrogens (tertiary/aromatic N) is 1. The highest BCUT2D eigenvalue weighted by atomic mass is 35.5. The maximum absolute atomic E-state index is 12.6. The first kappa shape index (κ1) is 18.8. The fraction of sp³-hybridized carbons (Fsp3) is 0.0500. The van der Waals surface area contributed by atoms with E-state index in [-0.39, 0.29) is 5.91 Å². The summed E-state index contributed by atoms with van der Waals surface area (Å²) >= 11 is 11.5. The van der Waals surface area contributed by atoms with E-state index in [2.05, 4.69) is 20.9 Å². The highest BCUT2D eigenvalue weighted by Crippen LogP contribution is 2.21. The smallest absolute Gasteiger partial charge is 0.253 e. The first-order valence-corrected chi connectivity index (χ1v) is 9.02. The Morgan fingerprint density at radius 3 is 2.33 bits per heavy atom. The van der Waals surface area contributed by atoms with E-state index in [1.54, 1.807) is 30.5 Å². The van der Waals surface area contributed by atoms with Crippen LogP contribution in [0.2, 0.25) is 5.02 Å². The quantitative estimate of drug-likeness (QED) is 0.555. The molecule has 0 atom stereocenters. The number of para-hydroxylation sites is 2. The highest BCUT2D eigenvalue weighted by Gasteiger charge is 2.12. The predicted octanol–water partition coefficient (Wildman–Crippen LogP) is 4.47. The monoisotopic (exact) mass is 396 g/mol. The number of nitrogens with one attached hydrogen (secondary N) is 3. The molecule has 3 rings (SSSR count). The number of hydrogen-bond donors (Lipinski definition) is 3. The Labute approximate surface area is 167 Å². The molecule has 0 saturated heterocycles. The maximum Gasteiger partial charge on any atom is 0.253 e. The van der Waals surface area contributed by atoms with Crippen molar-refractivity contribution in [2.45, 2.75) is 6.54 Å². The number of hydrogen-bond acceptors (Lipinski definition) is 3. The number of amides is 1. The zero-order chi connectivity index (χ0) is 19.1. The predicted molar refractivity (Wildman–Crippen MR) is 113 cm³/mol. The molecule has 0 bridgehead atoms. The molecule has 0 fully saturated rings. The molecule has 1 aromatic heterocycles. The van der Waals surface area contributed by atoms with Gasteiger partial charge in [-0.05, 0) is 48.6 Å². The Kier molecular flexibility index (Phi) is 6.35. The van der Waals surface area contributed by atoms with Gasteiger partial charge >= 0.3 is 0 Å². The highest BCUT2D eigenvalue weighted by molar-refractivity contribution is 7.80. The van der Waals surface area contributed by atoms with Gasteiger partial charge in [-0.15, -0.1) is 0 Å². The Morgan fingerprint density at radius 2 is 1.59 bits per heavy atom. The number of pyridine rings is 1. The van der Waals surface area contributed by atoms with E-state index in [1.165, 1.54) is 0 Å². The molecule has 27 heavy (non-hydrogen) atoms. The fourth-order valence-electron chi connectivity index (χ4n) is 2.40. The molecule has 1 heterocycles. The van der Waals surface area contributed by atoms with Gasteiger partial charge in [0.15, 0.2) is 5.11 Å². The lowest BCUT2D eigenvalue weighted by Crippen LogP contribution is -2.26. The molecule has 3 aromatic rings. The van der Waals surface area contributed by atoms with Crippen molar-refractivity contribution in [2.24, 2.45) is 0 Å². The second kappa shape index (κ2) is 9.12. The van der Waals surface area contributed by atoms with Crippen LogP contribution in [0.5, 0.6) is 0 Å². The van der Waals surface area contributed by atoms with Crippen molar-refractivity contribution in [1.29, 1.82) is 0 Å². The molecule has 136 valence electrons. The van der Waals surface area contributed by atoms with Crippen LogP contribution in [0.15, 0.2) is 72.9 Å². The number of halogens is 1. The van der Waals surface area contributed by atoms with Gasteiger partial charge in [0.25, 0.3) is 5.91 Å². The number of thiocarbonyl (C=S) groups is 1. The normalized spacial score (nSPS) is 10.1. The van der Waals surface area contributed by atoms with Crippen LogP contribution in [-0.4, -0.2) is 16.0 Å². The third-order valence-corrected chi connectivity index (χ3v) is 4.23. The van der Waals surface area contributed by atoms with Crippen molar-refractivity contribution < 1.29 is 4.79 Å². The summed E-state index contributed by atoms with van der Waals surface area (Å²) in [4.78, 5) is 16.8. The van der Waals surface area contributed by atoms with Crippen molar-refractivity contribution in [2.75, 3.05) is 10.6 Å². The van der Waals surface area contributed by atoms with E-state index in [4.69, 9.17) is 23.8 Å². The lowest BCUT2D eigenvalue weighted by atomic mass is 10.1. The fourth-order valence-corrected chi connectivity index (χ4v) is 2.80. The number of carbonyl (C=O) groups excluding carboxylic acids is 1. The second-order valence-corrected chi connectivity index (χ2v) is 6.42. The van der Waals surface area contributed by atoms with Gasteiger partial charge in [0.1, 0.15) is 0 Å². The third kappa shape index (κ3) is 5.26. The van der Waals surface area contributed by atoms with E-state index >= 15 is 0 Å². The van der Waals surface area contributed by atoms with Crippen LogP contribution in [0.3, 0.4) is 0 Å². The zero-order valence-corrected chi connectivity index (χ0v) is 15.8. The molecule has 0 unspecified atom stereocenters. The summed E-state index contributed by atoms with van der Waals surface area (Å²) in [6.07, 6.45) is 1.69. The minimum absolute atomic E-state index is 0.218. The van der Waals surface area contributed by atoms with E-state index in [9.17, 15) is 4.79 Å². The molecular weight excluding hydrogens is 380 g/mol. The van der Waals surface area contributed by atoms with Gasteiger partial charge < -0.3 is 16.0 Å². The molecule has 2 aromatic carbocycles. The summed E-state index contributed by atoms with van der Waals surface area (Å²) < 4.78 is 0. The number of aromatic nitrogens is 1. The Bertz CT molecular complexity index is 949. The first-order valence-electron chi connectivity index (χ1n) is 8.23. The van der Waals surface area contributed by atoms with Crippen molar-refractivity contribution in [3.8, 4) is 0 Å². The van der Waals surface area contributed by atoms with Gasteiger partial charge in [0.2, 0.25) is 0 Å². The largest absolute Gasteiger partial charge is 0.346 e. The van der Waals surface area contributed by atoms with Gasteiger partial charge in [-0.3, -0.25) is 9.78 Å². The van der Waals surface area contributed by atoms with Gasteiger partial charge in [-0.25, -0.2) is 0 Å². The summed E-state index contributed by atoms with van der Waals surface area (Å²) in [5.41, 5.74) is 2.55. The minimum Gasteiger partial charge on any atom is -0.346 e. The molecule has 7 heteroatoms. The number of benzene rings is 2. The molecule has 5 nitrogen and oxygen atoms in total. The van der Waals surface area contributed by atoms with E-state index < -0.39 is 0 Å². The van der Waals surface area contributed by atoms with E-state index in [0.29, 0.717) is 33.6 Å². The lowest BCUT2D eigenvalue weighted by molar-refractivity contribution is 0.0951.